The molecule has 1 rings (SSSR count). The predicted molar refractivity (Wildman–Crippen MR) is 49.9 cm³/mol. The number of rotatable bonds is 2. The molecule has 1 heterocycles. The number of carbonyl (C=O) groups is 1. The molecule has 0 radical (unpaired) electrons. The molecular weight excluding hydrogens is 200 g/mol. The molecule has 0 fully saturated rings. The first-order valence-corrected chi connectivity index (χ1v) is 4.02. The Bertz CT molecular complexity index is 548. The maximum absolute atomic E-state index is 11.2. The number of nitriles is 1. The number of primary amides is 1. The van der Waals surface area contributed by atoms with Crippen molar-refractivity contribution < 1.29 is 4.79 Å². The van der Waals surface area contributed by atoms with Crippen LogP contribution in [0, 0.1) is 11.3 Å². The van der Waals surface area contributed by atoms with Gasteiger partial charge in [-0.05, 0) is 6.92 Å². The molecule has 1 unspecified atom stereocenters. The number of aromatic amines is 1. The monoisotopic (exact) mass is 208 g/mol. The van der Waals surface area contributed by atoms with Crippen molar-refractivity contribution in [2.75, 3.05) is 0 Å². The summed E-state index contributed by atoms with van der Waals surface area (Å²) in [5, 5.41) is 8.55. The third-order valence-corrected chi connectivity index (χ3v) is 1.92. The minimum Gasteiger partial charge on any atom is -0.368 e. The first-order valence-electron chi connectivity index (χ1n) is 4.02. The molecule has 0 aliphatic carbocycles. The highest BCUT2D eigenvalue weighted by molar-refractivity contribution is 5.77. The van der Waals surface area contributed by atoms with Crippen LogP contribution in [0.5, 0.6) is 0 Å². The maximum Gasteiger partial charge on any atom is 0.329 e. The second-order valence-corrected chi connectivity index (χ2v) is 2.90. The Morgan fingerprint density at radius 1 is 1.67 bits per heavy atom. The zero-order chi connectivity index (χ0) is 11.6. The second-order valence-electron chi connectivity index (χ2n) is 2.90. The van der Waals surface area contributed by atoms with Crippen LogP contribution in [0.25, 0.3) is 0 Å². The molecule has 7 nitrogen and oxygen atoms in total. The van der Waals surface area contributed by atoms with Crippen molar-refractivity contribution in [1.29, 1.82) is 5.26 Å². The smallest absolute Gasteiger partial charge is 0.329 e. The zero-order valence-electron chi connectivity index (χ0n) is 7.85. The van der Waals surface area contributed by atoms with E-state index in [1.54, 1.807) is 6.07 Å². The van der Waals surface area contributed by atoms with Crippen molar-refractivity contribution >= 4 is 5.91 Å². The van der Waals surface area contributed by atoms with Gasteiger partial charge in [0.15, 0.2) is 0 Å². The lowest BCUT2D eigenvalue weighted by Crippen LogP contribution is -2.37. The molecule has 0 spiro atoms. The third kappa shape index (κ3) is 1.94. The number of H-pyrrole nitrogens is 1. The summed E-state index contributed by atoms with van der Waals surface area (Å²) < 4.78 is 0.905. The summed E-state index contributed by atoms with van der Waals surface area (Å²) in [7, 11) is 0. The third-order valence-electron chi connectivity index (χ3n) is 1.92. The molecule has 0 aliphatic rings. The molecule has 0 saturated heterocycles. The van der Waals surface area contributed by atoms with Crippen LogP contribution in [0.15, 0.2) is 15.8 Å². The van der Waals surface area contributed by atoms with Crippen molar-refractivity contribution in [3.05, 3.63) is 32.6 Å². The average molecular weight is 208 g/mol. The summed E-state index contributed by atoms with van der Waals surface area (Å²) in [4.78, 5) is 35.0. The fourth-order valence-electron chi connectivity index (χ4n) is 0.990. The number of hydrogen-bond acceptors (Lipinski definition) is 4. The van der Waals surface area contributed by atoms with Gasteiger partial charge in [-0.15, -0.1) is 0 Å². The number of nitrogens with zero attached hydrogens (tertiary/aromatic N) is 2. The number of amides is 1. The van der Waals surface area contributed by atoms with E-state index in [0.29, 0.717) is 0 Å². The van der Waals surface area contributed by atoms with Crippen LogP contribution in [0.1, 0.15) is 18.5 Å². The average Bonchev–Trinajstić information content (AvgIpc) is 2.17. The summed E-state index contributed by atoms with van der Waals surface area (Å²) in [6.45, 7) is 1.39. The van der Waals surface area contributed by atoms with E-state index in [2.05, 4.69) is 0 Å². The van der Waals surface area contributed by atoms with Gasteiger partial charge < -0.3 is 5.73 Å². The number of hydrogen-bond donors (Lipinski definition) is 2. The summed E-state index contributed by atoms with van der Waals surface area (Å²) in [6, 6.07) is 0.686. The van der Waals surface area contributed by atoms with Gasteiger partial charge in [0.1, 0.15) is 17.7 Å². The van der Waals surface area contributed by atoms with Gasteiger partial charge >= 0.3 is 5.69 Å². The van der Waals surface area contributed by atoms with E-state index in [4.69, 9.17) is 11.0 Å². The Morgan fingerprint density at radius 3 is 2.73 bits per heavy atom. The zero-order valence-corrected chi connectivity index (χ0v) is 7.85. The lowest BCUT2D eigenvalue weighted by atomic mass is 10.3. The molecule has 78 valence electrons. The molecule has 1 amide bonds. The molecule has 0 aromatic carbocycles. The lowest BCUT2D eigenvalue weighted by Gasteiger charge is -2.09. The number of nitrogens with one attached hydrogen (secondary N) is 1. The van der Waals surface area contributed by atoms with Crippen molar-refractivity contribution in [3.8, 4) is 6.07 Å². The molecule has 7 heteroatoms. The Labute approximate surface area is 83.8 Å². The topological polar surface area (TPSA) is 122 Å². The van der Waals surface area contributed by atoms with Crippen molar-refractivity contribution in [2.45, 2.75) is 13.0 Å². The quantitative estimate of drug-likeness (QED) is 0.611. The van der Waals surface area contributed by atoms with Gasteiger partial charge in [0.2, 0.25) is 5.91 Å². The molecular formula is C8H8N4O3. The standard InChI is InChI=1S/C8H8N4O3/c1-4(6(10)13)12-3-5(2-9)7(14)11-8(12)15/h3-4H,1H3,(H2,10,13)(H,11,14,15). The first-order chi connectivity index (χ1) is 6.97. The van der Waals surface area contributed by atoms with Crippen LogP contribution < -0.4 is 17.0 Å². The van der Waals surface area contributed by atoms with E-state index < -0.39 is 23.2 Å². The van der Waals surface area contributed by atoms with E-state index in [9.17, 15) is 14.4 Å². The van der Waals surface area contributed by atoms with Gasteiger partial charge in [0.25, 0.3) is 5.56 Å². The predicted octanol–water partition coefficient (Wildman–Crippen LogP) is -1.55. The highest BCUT2D eigenvalue weighted by atomic mass is 16.2. The second kappa shape index (κ2) is 3.79. The summed E-state index contributed by atoms with van der Waals surface area (Å²) >= 11 is 0. The van der Waals surface area contributed by atoms with Crippen LogP contribution in [0.2, 0.25) is 0 Å². The van der Waals surface area contributed by atoms with Gasteiger partial charge in [-0.2, -0.15) is 5.26 Å². The number of carbonyl (C=O) groups excluding carboxylic acids is 1. The van der Waals surface area contributed by atoms with Crippen LogP contribution in [-0.2, 0) is 4.79 Å². The van der Waals surface area contributed by atoms with Crippen LogP contribution in [0.4, 0.5) is 0 Å². The van der Waals surface area contributed by atoms with Gasteiger partial charge in [-0.25, -0.2) is 4.79 Å². The Kier molecular flexibility index (Phi) is 2.71. The number of nitrogens with two attached hydrogens (primary N) is 1. The Balaban J connectivity index is 3.46. The van der Waals surface area contributed by atoms with E-state index in [1.807, 2.05) is 4.98 Å². The van der Waals surface area contributed by atoms with Gasteiger partial charge in [-0.1, -0.05) is 0 Å². The van der Waals surface area contributed by atoms with Gasteiger partial charge in [0.05, 0.1) is 0 Å². The van der Waals surface area contributed by atoms with Crippen molar-refractivity contribution in [1.82, 2.24) is 9.55 Å². The molecule has 0 saturated carbocycles. The van der Waals surface area contributed by atoms with Gasteiger partial charge in [-0.3, -0.25) is 19.1 Å². The normalized spacial score (nSPS) is 11.7. The van der Waals surface area contributed by atoms with E-state index in [0.717, 1.165) is 10.8 Å². The molecule has 3 N–H and O–H groups in total. The minimum absolute atomic E-state index is 0.247. The van der Waals surface area contributed by atoms with E-state index >= 15 is 0 Å². The van der Waals surface area contributed by atoms with Crippen LogP contribution in [0.3, 0.4) is 0 Å². The Morgan fingerprint density at radius 2 is 2.27 bits per heavy atom. The highest BCUT2D eigenvalue weighted by Gasteiger charge is 2.14. The largest absolute Gasteiger partial charge is 0.368 e. The number of aromatic nitrogens is 2. The van der Waals surface area contributed by atoms with Gasteiger partial charge in [0, 0.05) is 6.20 Å². The molecule has 0 aliphatic heterocycles. The maximum atomic E-state index is 11.2. The van der Waals surface area contributed by atoms with E-state index in [-0.39, 0.29) is 5.56 Å². The first kappa shape index (κ1) is 10.7. The molecule has 1 atom stereocenters. The Hall–Kier alpha value is -2.36. The molecule has 0 bridgehead atoms. The molecule has 1 aromatic heterocycles. The van der Waals surface area contributed by atoms with Crippen molar-refractivity contribution in [2.24, 2.45) is 5.73 Å². The fraction of sp³-hybridized carbons (Fsp3) is 0.250. The van der Waals surface area contributed by atoms with Crippen molar-refractivity contribution in [3.63, 3.8) is 0 Å². The SMILES string of the molecule is CC(C(N)=O)n1cc(C#N)c(=O)[nH]c1=O. The molecule has 15 heavy (non-hydrogen) atoms. The van der Waals surface area contributed by atoms with E-state index in [1.165, 1.54) is 6.92 Å². The van der Waals surface area contributed by atoms with Crippen LogP contribution >= 0.6 is 0 Å². The summed E-state index contributed by atoms with van der Waals surface area (Å²) in [5.41, 5.74) is 3.19. The minimum atomic E-state index is -0.915. The van der Waals surface area contributed by atoms with Crippen LogP contribution in [-0.4, -0.2) is 15.5 Å². The summed E-state index contributed by atoms with van der Waals surface area (Å²) in [6.07, 6.45) is 1.01. The molecule has 1 aromatic rings. The lowest BCUT2D eigenvalue weighted by molar-refractivity contribution is -0.120. The highest BCUT2D eigenvalue weighted by Crippen LogP contribution is 1.99. The fourth-order valence-corrected chi connectivity index (χ4v) is 0.990. The summed E-state index contributed by atoms with van der Waals surface area (Å²) in [5.74, 6) is -0.729.